The lowest BCUT2D eigenvalue weighted by Crippen LogP contribution is -2.42. The zero-order valence-corrected chi connectivity index (χ0v) is 16.3. The topological polar surface area (TPSA) is 63.7 Å². The van der Waals surface area contributed by atoms with Gasteiger partial charge in [0, 0.05) is 28.7 Å². The molecule has 0 bridgehead atoms. The van der Waals surface area contributed by atoms with Crippen LogP contribution in [-0.2, 0) is 14.8 Å². The van der Waals surface area contributed by atoms with Gasteiger partial charge in [0.25, 0.3) is 0 Å². The van der Waals surface area contributed by atoms with E-state index >= 15 is 0 Å². The SMILES string of the molecule is CC(=O)c1ccc(S(=O)(=O)N2CCOC(c3cc(Cl)cc(Cl)c3)C2)cc1. The molecule has 2 aromatic carbocycles. The number of carbonyl (C=O) groups is 1. The van der Waals surface area contributed by atoms with E-state index in [-0.39, 0.29) is 30.4 Å². The lowest BCUT2D eigenvalue weighted by atomic mass is 10.1. The minimum absolute atomic E-state index is 0.113. The van der Waals surface area contributed by atoms with Crippen molar-refractivity contribution in [2.75, 3.05) is 19.7 Å². The van der Waals surface area contributed by atoms with Crippen LogP contribution in [0.3, 0.4) is 0 Å². The molecule has 1 aliphatic heterocycles. The molecule has 1 heterocycles. The number of carbonyl (C=O) groups excluding carboxylic acids is 1. The number of sulfonamides is 1. The third-order valence-corrected chi connectivity index (χ3v) is 6.50. The Labute approximate surface area is 162 Å². The van der Waals surface area contributed by atoms with Crippen LogP contribution in [0.5, 0.6) is 0 Å². The van der Waals surface area contributed by atoms with Gasteiger partial charge in [-0.1, -0.05) is 35.3 Å². The van der Waals surface area contributed by atoms with Crippen LogP contribution in [0.15, 0.2) is 47.4 Å². The molecule has 5 nitrogen and oxygen atoms in total. The highest BCUT2D eigenvalue weighted by molar-refractivity contribution is 7.89. The molecule has 1 unspecified atom stereocenters. The molecule has 26 heavy (non-hydrogen) atoms. The van der Waals surface area contributed by atoms with E-state index in [1.54, 1.807) is 18.2 Å². The number of nitrogens with zero attached hydrogens (tertiary/aromatic N) is 1. The summed E-state index contributed by atoms with van der Waals surface area (Å²) in [6.07, 6.45) is -0.453. The van der Waals surface area contributed by atoms with Crippen molar-refractivity contribution in [3.05, 3.63) is 63.6 Å². The van der Waals surface area contributed by atoms with E-state index in [1.807, 2.05) is 0 Å². The number of hydrogen-bond acceptors (Lipinski definition) is 4. The van der Waals surface area contributed by atoms with Gasteiger partial charge in [0.15, 0.2) is 5.78 Å². The molecule has 2 aromatic rings. The fraction of sp³-hybridized carbons (Fsp3) is 0.278. The van der Waals surface area contributed by atoms with Crippen LogP contribution in [0.25, 0.3) is 0 Å². The second-order valence-electron chi connectivity index (χ2n) is 6.01. The Morgan fingerprint density at radius 3 is 2.31 bits per heavy atom. The summed E-state index contributed by atoms with van der Waals surface area (Å²) in [5, 5.41) is 0.937. The summed E-state index contributed by atoms with van der Waals surface area (Å²) in [4.78, 5) is 11.5. The van der Waals surface area contributed by atoms with Crippen molar-refractivity contribution in [2.24, 2.45) is 0 Å². The second-order valence-corrected chi connectivity index (χ2v) is 8.82. The Hall–Kier alpha value is -1.44. The van der Waals surface area contributed by atoms with Gasteiger partial charge in [-0.25, -0.2) is 8.42 Å². The predicted molar refractivity (Wildman–Crippen MR) is 100 cm³/mol. The number of halogens is 2. The van der Waals surface area contributed by atoms with Crippen molar-refractivity contribution in [2.45, 2.75) is 17.9 Å². The Morgan fingerprint density at radius 2 is 1.73 bits per heavy atom. The largest absolute Gasteiger partial charge is 0.371 e. The summed E-state index contributed by atoms with van der Waals surface area (Å²) in [6, 6.07) is 11.0. The van der Waals surface area contributed by atoms with E-state index in [0.29, 0.717) is 15.6 Å². The van der Waals surface area contributed by atoms with E-state index in [1.165, 1.54) is 35.5 Å². The maximum absolute atomic E-state index is 12.9. The van der Waals surface area contributed by atoms with Crippen LogP contribution >= 0.6 is 23.2 Å². The third kappa shape index (κ3) is 4.10. The van der Waals surface area contributed by atoms with Crippen LogP contribution in [0.4, 0.5) is 0 Å². The molecule has 0 aliphatic carbocycles. The molecule has 0 amide bonds. The fourth-order valence-electron chi connectivity index (χ4n) is 2.82. The first-order chi connectivity index (χ1) is 12.3. The molecule has 1 fully saturated rings. The van der Waals surface area contributed by atoms with E-state index in [2.05, 4.69) is 0 Å². The average molecular weight is 414 g/mol. The summed E-state index contributed by atoms with van der Waals surface area (Å²) in [5.41, 5.74) is 1.20. The van der Waals surface area contributed by atoms with Crippen molar-refractivity contribution >= 4 is 39.0 Å². The minimum Gasteiger partial charge on any atom is -0.371 e. The van der Waals surface area contributed by atoms with Gasteiger partial charge >= 0.3 is 0 Å². The molecule has 1 atom stereocenters. The van der Waals surface area contributed by atoms with Crippen LogP contribution in [0.1, 0.15) is 28.9 Å². The Balaban J connectivity index is 1.84. The molecular weight excluding hydrogens is 397 g/mol. The maximum Gasteiger partial charge on any atom is 0.243 e. The van der Waals surface area contributed by atoms with Gasteiger partial charge in [0.1, 0.15) is 0 Å². The molecule has 0 N–H and O–H groups in total. The summed E-state index contributed by atoms with van der Waals surface area (Å²) < 4.78 is 32.9. The molecule has 1 aliphatic rings. The fourth-order valence-corrected chi connectivity index (χ4v) is 4.79. The van der Waals surface area contributed by atoms with Crippen molar-refractivity contribution in [3.8, 4) is 0 Å². The molecule has 8 heteroatoms. The van der Waals surface area contributed by atoms with Crippen LogP contribution in [0, 0.1) is 0 Å². The first-order valence-electron chi connectivity index (χ1n) is 7.96. The summed E-state index contributed by atoms with van der Waals surface area (Å²) in [5.74, 6) is -0.113. The number of ketones is 1. The highest BCUT2D eigenvalue weighted by Gasteiger charge is 2.31. The van der Waals surface area contributed by atoms with Crippen LogP contribution in [-0.4, -0.2) is 38.2 Å². The van der Waals surface area contributed by atoms with Gasteiger partial charge in [-0.05, 0) is 42.8 Å². The van der Waals surface area contributed by atoms with Gasteiger partial charge in [0.05, 0.1) is 17.6 Å². The summed E-state index contributed by atoms with van der Waals surface area (Å²) in [7, 11) is -3.69. The second kappa shape index (κ2) is 7.66. The molecule has 0 radical (unpaired) electrons. The zero-order valence-electron chi connectivity index (χ0n) is 14.0. The lowest BCUT2D eigenvalue weighted by molar-refractivity contribution is -0.00254. The van der Waals surface area contributed by atoms with E-state index < -0.39 is 16.1 Å². The standard InChI is InChI=1S/C18H17Cl2NO4S/c1-12(22)13-2-4-17(5-3-13)26(23,24)21-6-7-25-18(11-21)14-8-15(19)10-16(20)9-14/h2-5,8-10,18H,6-7,11H2,1H3. The summed E-state index contributed by atoms with van der Waals surface area (Å²) in [6.45, 7) is 2.11. The molecule has 0 spiro atoms. The predicted octanol–water partition coefficient (Wildman–Crippen LogP) is 3.96. The third-order valence-electron chi connectivity index (χ3n) is 4.18. The molecule has 138 valence electrons. The van der Waals surface area contributed by atoms with Gasteiger partial charge in [-0.2, -0.15) is 4.31 Å². The monoisotopic (exact) mass is 413 g/mol. The van der Waals surface area contributed by atoms with Crippen molar-refractivity contribution in [1.82, 2.24) is 4.31 Å². The quantitative estimate of drug-likeness (QED) is 0.711. The molecule has 0 saturated carbocycles. The first kappa shape index (κ1) is 19.3. The highest BCUT2D eigenvalue weighted by atomic mass is 35.5. The van der Waals surface area contributed by atoms with Crippen molar-refractivity contribution in [1.29, 1.82) is 0 Å². The zero-order chi connectivity index (χ0) is 18.9. The van der Waals surface area contributed by atoms with Gasteiger partial charge in [-0.15, -0.1) is 0 Å². The van der Waals surface area contributed by atoms with Crippen LogP contribution < -0.4 is 0 Å². The van der Waals surface area contributed by atoms with Crippen molar-refractivity contribution in [3.63, 3.8) is 0 Å². The maximum atomic E-state index is 12.9. The average Bonchev–Trinajstić information content (AvgIpc) is 2.61. The van der Waals surface area contributed by atoms with E-state index in [0.717, 1.165) is 5.56 Å². The Bertz CT molecular complexity index is 908. The number of ether oxygens (including phenoxy) is 1. The van der Waals surface area contributed by atoms with Crippen molar-refractivity contribution < 1.29 is 17.9 Å². The molecule has 1 saturated heterocycles. The minimum atomic E-state index is -3.69. The lowest BCUT2D eigenvalue weighted by Gasteiger charge is -2.32. The number of Topliss-reactive ketones (excluding diaryl/α,β-unsaturated/α-hetero) is 1. The molecular formula is C18H17Cl2NO4S. The van der Waals surface area contributed by atoms with E-state index in [9.17, 15) is 13.2 Å². The Kier molecular flexibility index (Phi) is 5.69. The van der Waals surface area contributed by atoms with Gasteiger partial charge < -0.3 is 4.74 Å². The van der Waals surface area contributed by atoms with E-state index in [4.69, 9.17) is 27.9 Å². The molecule has 3 rings (SSSR count). The number of hydrogen-bond donors (Lipinski definition) is 0. The van der Waals surface area contributed by atoms with Gasteiger partial charge in [0.2, 0.25) is 10.0 Å². The Morgan fingerprint density at radius 1 is 1.12 bits per heavy atom. The molecule has 0 aromatic heterocycles. The summed E-state index contributed by atoms with van der Waals surface area (Å²) >= 11 is 12.1. The smallest absolute Gasteiger partial charge is 0.243 e. The number of morpholine rings is 1. The number of rotatable bonds is 4. The first-order valence-corrected chi connectivity index (χ1v) is 10.2. The normalized spacial score (nSPS) is 18.7. The number of benzene rings is 2. The highest BCUT2D eigenvalue weighted by Crippen LogP contribution is 2.30. The van der Waals surface area contributed by atoms with Gasteiger partial charge in [-0.3, -0.25) is 4.79 Å². The van der Waals surface area contributed by atoms with Crippen LogP contribution in [0.2, 0.25) is 10.0 Å².